The van der Waals surface area contributed by atoms with E-state index in [2.05, 4.69) is 19.2 Å². The van der Waals surface area contributed by atoms with Crippen LogP contribution >= 0.6 is 0 Å². The summed E-state index contributed by atoms with van der Waals surface area (Å²) in [6, 6.07) is 6.57. The Bertz CT molecular complexity index is 676. The predicted octanol–water partition coefficient (Wildman–Crippen LogP) is 0.838. The lowest BCUT2D eigenvalue weighted by molar-refractivity contribution is -0.926. The average molecular weight is 344 g/mol. The van der Waals surface area contributed by atoms with Crippen LogP contribution in [0.1, 0.15) is 33.6 Å². The van der Waals surface area contributed by atoms with Crippen molar-refractivity contribution in [2.75, 3.05) is 23.3 Å². The number of imide groups is 1. The Morgan fingerprint density at radius 1 is 1.12 bits per heavy atom. The molecule has 3 rings (SSSR count). The van der Waals surface area contributed by atoms with Crippen molar-refractivity contribution in [3.63, 3.8) is 0 Å². The van der Waals surface area contributed by atoms with E-state index in [1.165, 1.54) is 23.1 Å². The molecule has 1 unspecified atom stereocenters. The third-order valence-corrected chi connectivity index (χ3v) is 5.11. The molecule has 2 heterocycles. The number of nitrogens with one attached hydrogen (secondary N) is 2. The number of quaternary nitrogens is 1. The van der Waals surface area contributed by atoms with Crippen LogP contribution in [0.5, 0.6) is 0 Å². The van der Waals surface area contributed by atoms with Gasteiger partial charge >= 0.3 is 0 Å². The van der Waals surface area contributed by atoms with Crippen LogP contribution in [0.2, 0.25) is 0 Å². The van der Waals surface area contributed by atoms with E-state index in [1.54, 1.807) is 24.3 Å². The van der Waals surface area contributed by atoms with Crippen LogP contribution in [-0.2, 0) is 14.4 Å². The van der Waals surface area contributed by atoms with Gasteiger partial charge in [-0.2, -0.15) is 0 Å². The summed E-state index contributed by atoms with van der Waals surface area (Å²) in [7, 11) is 0. The standard InChI is InChI=1S/C19H25N3O3/c1-12-8-13(2)11-21(10-12)17-9-18(24)22(19(17)25)16-6-4-15(5-7-16)20-14(3)23/h4-7,12-13,17H,8-11H2,1-3H3,(H,20,23)/p+1/t12-,13+,17-/m1/s1. The number of hydrogen-bond donors (Lipinski definition) is 2. The van der Waals surface area contributed by atoms with Gasteiger partial charge in [-0.3, -0.25) is 14.4 Å². The number of nitrogens with zero attached hydrogens (tertiary/aromatic N) is 1. The van der Waals surface area contributed by atoms with Gasteiger partial charge in [0.25, 0.3) is 5.91 Å². The van der Waals surface area contributed by atoms with Crippen LogP contribution in [0, 0.1) is 11.8 Å². The summed E-state index contributed by atoms with van der Waals surface area (Å²) in [6.45, 7) is 7.77. The zero-order valence-electron chi connectivity index (χ0n) is 15.0. The predicted molar refractivity (Wildman–Crippen MR) is 95.3 cm³/mol. The monoisotopic (exact) mass is 344 g/mol. The van der Waals surface area contributed by atoms with Gasteiger partial charge in [0, 0.05) is 24.4 Å². The first-order valence-corrected chi connectivity index (χ1v) is 8.94. The minimum atomic E-state index is -0.271. The average Bonchev–Trinajstić information content (AvgIpc) is 2.82. The molecule has 0 spiro atoms. The van der Waals surface area contributed by atoms with Crippen LogP contribution in [-0.4, -0.2) is 36.9 Å². The van der Waals surface area contributed by atoms with Gasteiger partial charge in [-0.15, -0.1) is 0 Å². The van der Waals surface area contributed by atoms with Crippen LogP contribution in [0.25, 0.3) is 0 Å². The largest absolute Gasteiger partial charge is 0.326 e. The lowest BCUT2D eigenvalue weighted by atomic mass is 9.90. The molecule has 0 radical (unpaired) electrons. The SMILES string of the molecule is CC(=O)Nc1ccc(N2C(=O)C[C@@H]([NH+]3C[C@H](C)C[C@H](C)C3)C2=O)cc1. The molecule has 2 aliphatic rings. The first kappa shape index (κ1) is 17.6. The first-order chi connectivity index (χ1) is 11.8. The zero-order chi connectivity index (χ0) is 18.1. The Morgan fingerprint density at radius 2 is 1.72 bits per heavy atom. The van der Waals surface area contributed by atoms with Crippen LogP contribution < -0.4 is 15.1 Å². The highest BCUT2D eigenvalue weighted by atomic mass is 16.2. The molecule has 0 saturated carbocycles. The van der Waals surface area contributed by atoms with Gasteiger partial charge in [-0.25, -0.2) is 4.90 Å². The molecule has 134 valence electrons. The van der Waals surface area contributed by atoms with Crippen LogP contribution in [0.3, 0.4) is 0 Å². The van der Waals surface area contributed by atoms with E-state index in [4.69, 9.17) is 0 Å². The number of amides is 3. The maximum Gasteiger partial charge on any atom is 0.292 e. The number of benzene rings is 1. The molecular weight excluding hydrogens is 318 g/mol. The summed E-state index contributed by atoms with van der Waals surface area (Å²) in [5.41, 5.74) is 1.22. The van der Waals surface area contributed by atoms with E-state index in [0.29, 0.717) is 23.2 Å². The number of piperidine rings is 1. The number of carbonyl (C=O) groups is 3. The van der Waals surface area contributed by atoms with Gasteiger partial charge in [0.2, 0.25) is 11.8 Å². The van der Waals surface area contributed by atoms with E-state index >= 15 is 0 Å². The van der Waals surface area contributed by atoms with Crippen molar-refractivity contribution in [3.8, 4) is 0 Å². The molecule has 4 atom stereocenters. The van der Waals surface area contributed by atoms with Crippen molar-refractivity contribution < 1.29 is 19.3 Å². The van der Waals surface area contributed by atoms with Gasteiger partial charge in [-0.1, -0.05) is 13.8 Å². The molecule has 0 aromatic heterocycles. The molecule has 6 heteroatoms. The maximum atomic E-state index is 12.9. The highest BCUT2D eigenvalue weighted by Crippen LogP contribution is 2.24. The van der Waals surface area contributed by atoms with Gasteiger partial charge in [0.1, 0.15) is 0 Å². The quantitative estimate of drug-likeness (QED) is 0.798. The van der Waals surface area contributed by atoms with Gasteiger partial charge in [0.15, 0.2) is 6.04 Å². The summed E-state index contributed by atoms with van der Waals surface area (Å²) in [5, 5.41) is 2.68. The fourth-order valence-electron chi connectivity index (χ4n) is 4.24. The maximum absolute atomic E-state index is 12.9. The van der Waals surface area contributed by atoms with E-state index in [-0.39, 0.29) is 30.2 Å². The zero-order valence-corrected chi connectivity index (χ0v) is 15.0. The molecule has 0 aliphatic carbocycles. The van der Waals surface area contributed by atoms with E-state index in [0.717, 1.165) is 13.1 Å². The Morgan fingerprint density at radius 3 is 2.28 bits per heavy atom. The van der Waals surface area contributed by atoms with Crippen molar-refractivity contribution in [3.05, 3.63) is 24.3 Å². The smallest absolute Gasteiger partial charge is 0.292 e. The minimum absolute atomic E-state index is 0.103. The van der Waals surface area contributed by atoms with Gasteiger partial charge < -0.3 is 10.2 Å². The van der Waals surface area contributed by atoms with Crippen LogP contribution in [0.15, 0.2) is 24.3 Å². The first-order valence-electron chi connectivity index (χ1n) is 8.94. The summed E-state index contributed by atoms with van der Waals surface area (Å²) < 4.78 is 0. The Hall–Kier alpha value is -2.21. The summed E-state index contributed by atoms with van der Waals surface area (Å²) >= 11 is 0. The topological polar surface area (TPSA) is 70.9 Å². The molecule has 3 amide bonds. The second-order valence-corrected chi connectivity index (χ2v) is 7.56. The molecule has 1 aromatic rings. The Balaban J connectivity index is 1.76. The van der Waals surface area contributed by atoms with Crippen molar-refractivity contribution in [1.29, 1.82) is 0 Å². The highest BCUT2D eigenvalue weighted by Gasteiger charge is 2.47. The molecule has 25 heavy (non-hydrogen) atoms. The van der Waals surface area contributed by atoms with Crippen molar-refractivity contribution >= 4 is 29.1 Å². The van der Waals surface area contributed by atoms with Crippen molar-refractivity contribution in [2.45, 2.75) is 39.7 Å². The van der Waals surface area contributed by atoms with E-state index in [9.17, 15) is 14.4 Å². The van der Waals surface area contributed by atoms with Crippen molar-refractivity contribution in [2.24, 2.45) is 11.8 Å². The molecule has 2 N–H and O–H groups in total. The second kappa shape index (κ2) is 6.96. The molecular formula is C19H26N3O3+. The number of likely N-dealkylation sites (tertiary alicyclic amines) is 1. The highest BCUT2D eigenvalue weighted by molar-refractivity contribution is 6.21. The minimum Gasteiger partial charge on any atom is -0.326 e. The lowest BCUT2D eigenvalue weighted by Crippen LogP contribution is -3.18. The number of carbonyl (C=O) groups excluding carboxylic acids is 3. The fourth-order valence-corrected chi connectivity index (χ4v) is 4.24. The normalized spacial score (nSPS) is 29.8. The molecule has 6 nitrogen and oxygen atoms in total. The molecule has 2 aliphatic heterocycles. The molecule has 1 aromatic carbocycles. The third kappa shape index (κ3) is 3.74. The summed E-state index contributed by atoms with van der Waals surface area (Å²) in [6.07, 6.45) is 1.47. The van der Waals surface area contributed by atoms with E-state index < -0.39 is 0 Å². The van der Waals surface area contributed by atoms with Crippen molar-refractivity contribution in [1.82, 2.24) is 0 Å². The number of anilines is 2. The summed E-state index contributed by atoms with van der Waals surface area (Å²) in [5.74, 6) is 0.757. The summed E-state index contributed by atoms with van der Waals surface area (Å²) in [4.78, 5) is 39.0. The molecule has 2 saturated heterocycles. The fraction of sp³-hybridized carbons (Fsp3) is 0.526. The Kier molecular flexibility index (Phi) is 4.90. The number of hydrogen-bond acceptors (Lipinski definition) is 3. The molecule has 2 fully saturated rings. The van der Waals surface area contributed by atoms with Gasteiger partial charge in [-0.05, 0) is 30.7 Å². The second-order valence-electron chi connectivity index (χ2n) is 7.56. The molecule has 0 bridgehead atoms. The lowest BCUT2D eigenvalue weighted by Gasteiger charge is -2.34. The Labute approximate surface area is 148 Å². The third-order valence-electron chi connectivity index (χ3n) is 5.11. The van der Waals surface area contributed by atoms with E-state index in [1.807, 2.05) is 0 Å². The van der Waals surface area contributed by atoms with Gasteiger partial charge in [0.05, 0.1) is 25.2 Å². The number of rotatable bonds is 3. The van der Waals surface area contributed by atoms with Crippen LogP contribution in [0.4, 0.5) is 11.4 Å².